The zero-order valence-corrected chi connectivity index (χ0v) is 10.1. The van der Waals surface area contributed by atoms with E-state index in [9.17, 15) is 23.3 Å². The number of para-hydroxylation sites is 1. The minimum Gasteiger partial charge on any atom is -0.258 e. The minimum atomic E-state index is -1.02. The summed E-state index contributed by atoms with van der Waals surface area (Å²) in [7, 11) is 0. The van der Waals surface area contributed by atoms with E-state index < -0.39 is 28.1 Å². The number of benzene rings is 2. The number of nitro groups is 1. The van der Waals surface area contributed by atoms with Crippen molar-refractivity contribution in [2.45, 2.75) is 9.79 Å². The maximum Gasteiger partial charge on any atom is 0.318 e. The molecule has 0 saturated heterocycles. The summed E-state index contributed by atoms with van der Waals surface area (Å²) < 4.78 is 39.8. The van der Waals surface area contributed by atoms with Crippen LogP contribution >= 0.6 is 11.8 Å². The standard InChI is InChI=1S/C12H6F3NO2S/c13-7-4-5-8(14)11(6-7)19-10-3-1-2-9(15)12(10)16(17)18/h1-6H. The van der Waals surface area contributed by atoms with Gasteiger partial charge in [-0.3, -0.25) is 10.1 Å². The molecule has 7 heteroatoms. The number of nitrogens with zero attached hydrogens (tertiary/aromatic N) is 1. The van der Waals surface area contributed by atoms with Crippen LogP contribution in [0.1, 0.15) is 0 Å². The second kappa shape index (κ2) is 5.31. The molecule has 0 bridgehead atoms. The molecule has 0 N–H and O–H groups in total. The molecule has 0 aliphatic heterocycles. The molecular formula is C12H6F3NO2S. The van der Waals surface area contributed by atoms with E-state index in [2.05, 4.69) is 0 Å². The summed E-state index contributed by atoms with van der Waals surface area (Å²) in [4.78, 5) is 9.64. The van der Waals surface area contributed by atoms with Gasteiger partial charge in [0, 0.05) is 0 Å². The van der Waals surface area contributed by atoms with Crippen LogP contribution in [0.3, 0.4) is 0 Å². The van der Waals surface area contributed by atoms with E-state index in [0.717, 1.165) is 24.3 Å². The molecule has 3 nitrogen and oxygen atoms in total. The van der Waals surface area contributed by atoms with Gasteiger partial charge in [-0.05, 0) is 30.3 Å². The van der Waals surface area contributed by atoms with Crippen LogP contribution in [0.2, 0.25) is 0 Å². The van der Waals surface area contributed by atoms with Gasteiger partial charge in [0.05, 0.1) is 14.7 Å². The van der Waals surface area contributed by atoms with E-state index in [1.165, 1.54) is 12.1 Å². The van der Waals surface area contributed by atoms with Gasteiger partial charge >= 0.3 is 5.69 Å². The van der Waals surface area contributed by atoms with Crippen molar-refractivity contribution in [3.05, 3.63) is 64.0 Å². The average molecular weight is 285 g/mol. The number of halogens is 3. The second-order valence-corrected chi connectivity index (χ2v) is 4.60. The van der Waals surface area contributed by atoms with Crippen LogP contribution < -0.4 is 0 Å². The highest BCUT2D eigenvalue weighted by Crippen LogP contribution is 2.37. The summed E-state index contributed by atoms with van der Waals surface area (Å²) in [6.07, 6.45) is 0. The van der Waals surface area contributed by atoms with E-state index in [1.54, 1.807) is 0 Å². The van der Waals surface area contributed by atoms with Crippen molar-refractivity contribution in [1.82, 2.24) is 0 Å². The van der Waals surface area contributed by atoms with Crippen LogP contribution in [0.25, 0.3) is 0 Å². The fourth-order valence-corrected chi connectivity index (χ4v) is 2.42. The lowest BCUT2D eigenvalue weighted by molar-refractivity contribution is -0.390. The van der Waals surface area contributed by atoms with Gasteiger partial charge in [0.25, 0.3) is 0 Å². The molecule has 2 aromatic carbocycles. The third-order valence-corrected chi connectivity index (χ3v) is 3.33. The summed E-state index contributed by atoms with van der Waals surface area (Å²) in [5.74, 6) is -2.43. The quantitative estimate of drug-likeness (QED) is 0.628. The third kappa shape index (κ3) is 2.87. The lowest BCUT2D eigenvalue weighted by Crippen LogP contribution is -1.95. The first-order valence-corrected chi connectivity index (χ1v) is 5.86. The van der Waals surface area contributed by atoms with Gasteiger partial charge in [-0.25, -0.2) is 8.78 Å². The molecule has 0 radical (unpaired) electrons. The molecule has 0 aromatic heterocycles. The Morgan fingerprint density at radius 1 is 1.00 bits per heavy atom. The monoisotopic (exact) mass is 285 g/mol. The summed E-state index contributed by atoms with van der Waals surface area (Å²) >= 11 is 0.601. The Morgan fingerprint density at radius 2 is 1.74 bits per heavy atom. The number of hydrogen-bond acceptors (Lipinski definition) is 3. The number of nitro benzene ring substituents is 1. The van der Waals surface area contributed by atoms with Crippen molar-refractivity contribution in [2.75, 3.05) is 0 Å². The highest BCUT2D eigenvalue weighted by Gasteiger charge is 2.21. The van der Waals surface area contributed by atoms with Crippen molar-refractivity contribution in [3.8, 4) is 0 Å². The van der Waals surface area contributed by atoms with Crippen molar-refractivity contribution >= 4 is 17.4 Å². The molecule has 0 atom stereocenters. The smallest absolute Gasteiger partial charge is 0.258 e. The summed E-state index contributed by atoms with van der Waals surface area (Å²) in [6, 6.07) is 6.21. The molecule has 0 spiro atoms. The van der Waals surface area contributed by atoms with Gasteiger partial charge in [0.15, 0.2) is 0 Å². The third-order valence-electron chi connectivity index (χ3n) is 2.25. The first kappa shape index (κ1) is 13.4. The molecule has 0 aliphatic rings. The largest absolute Gasteiger partial charge is 0.318 e. The zero-order chi connectivity index (χ0) is 14.0. The van der Waals surface area contributed by atoms with Crippen LogP contribution in [0.4, 0.5) is 18.9 Å². The maximum atomic E-state index is 13.4. The predicted molar refractivity (Wildman–Crippen MR) is 63.5 cm³/mol. The van der Waals surface area contributed by atoms with Gasteiger partial charge in [-0.2, -0.15) is 4.39 Å². The Labute approximate surface area is 110 Å². The molecule has 2 rings (SSSR count). The summed E-state index contributed by atoms with van der Waals surface area (Å²) in [6.45, 7) is 0. The topological polar surface area (TPSA) is 43.1 Å². The Balaban J connectivity index is 2.46. The second-order valence-electron chi connectivity index (χ2n) is 3.52. The number of rotatable bonds is 3. The fourth-order valence-electron chi connectivity index (χ4n) is 1.43. The Bertz CT molecular complexity index is 649. The van der Waals surface area contributed by atoms with E-state index in [4.69, 9.17) is 0 Å². The molecule has 0 amide bonds. The van der Waals surface area contributed by atoms with Gasteiger partial charge in [0.2, 0.25) is 5.82 Å². The lowest BCUT2D eigenvalue weighted by atomic mass is 10.3. The van der Waals surface area contributed by atoms with Gasteiger partial charge in [0.1, 0.15) is 11.6 Å². The minimum absolute atomic E-state index is 0.0884. The number of hydrogen-bond donors (Lipinski definition) is 0. The zero-order valence-electron chi connectivity index (χ0n) is 9.27. The van der Waals surface area contributed by atoms with E-state index in [0.29, 0.717) is 11.8 Å². The molecule has 0 saturated carbocycles. The SMILES string of the molecule is O=[N+]([O-])c1c(F)cccc1Sc1cc(F)ccc1F. The normalized spacial score (nSPS) is 10.5. The molecular weight excluding hydrogens is 279 g/mol. The Hall–Kier alpha value is -2.02. The average Bonchev–Trinajstić information content (AvgIpc) is 2.33. The molecule has 0 heterocycles. The highest BCUT2D eigenvalue weighted by atomic mass is 32.2. The van der Waals surface area contributed by atoms with Crippen molar-refractivity contribution < 1.29 is 18.1 Å². The van der Waals surface area contributed by atoms with Crippen LogP contribution in [0, 0.1) is 27.6 Å². The van der Waals surface area contributed by atoms with Gasteiger partial charge in [-0.1, -0.05) is 17.8 Å². The van der Waals surface area contributed by atoms with Gasteiger partial charge in [-0.15, -0.1) is 0 Å². The van der Waals surface area contributed by atoms with Crippen LogP contribution in [0.15, 0.2) is 46.2 Å². The highest BCUT2D eigenvalue weighted by molar-refractivity contribution is 7.99. The summed E-state index contributed by atoms with van der Waals surface area (Å²) in [5, 5.41) is 10.8. The first-order chi connectivity index (χ1) is 8.99. The van der Waals surface area contributed by atoms with Crippen LogP contribution in [-0.2, 0) is 0 Å². The molecule has 19 heavy (non-hydrogen) atoms. The van der Waals surface area contributed by atoms with Crippen molar-refractivity contribution in [2.24, 2.45) is 0 Å². The Kier molecular flexibility index (Phi) is 3.75. The van der Waals surface area contributed by atoms with E-state index in [1.807, 2.05) is 0 Å². The van der Waals surface area contributed by atoms with Crippen LogP contribution in [0.5, 0.6) is 0 Å². The van der Waals surface area contributed by atoms with Crippen LogP contribution in [-0.4, -0.2) is 4.92 Å². The lowest BCUT2D eigenvalue weighted by Gasteiger charge is -2.04. The molecule has 0 unspecified atom stereocenters. The maximum absolute atomic E-state index is 13.4. The Morgan fingerprint density at radius 3 is 2.42 bits per heavy atom. The van der Waals surface area contributed by atoms with E-state index in [-0.39, 0.29) is 9.79 Å². The van der Waals surface area contributed by atoms with Crippen molar-refractivity contribution in [3.63, 3.8) is 0 Å². The predicted octanol–water partition coefficient (Wildman–Crippen LogP) is 4.16. The van der Waals surface area contributed by atoms with E-state index >= 15 is 0 Å². The van der Waals surface area contributed by atoms with Crippen molar-refractivity contribution in [1.29, 1.82) is 0 Å². The first-order valence-electron chi connectivity index (χ1n) is 5.05. The fraction of sp³-hybridized carbons (Fsp3) is 0. The molecule has 98 valence electrons. The van der Waals surface area contributed by atoms with Gasteiger partial charge < -0.3 is 0 Å². The molecule has 2 aromatic rings. The molecule has 0 aliphatic carbocycles. The molecule has 0 fully saturated rings. The summed E-state index contributed by atoms with van der Waals surface area (Å²) in [5.41, 5.74) is -0.754.